The number of rotatable bonds is 4. The fourth-order valence-corrected chi connectivity index (χ4v) is 3.06. The van der Waals surface area contributed by atoms with Crippen LogP contribution in [0.3, 0.4) is 0 Å². The SMILES string of the molecule is Cc1nn(C)c2sc(C(=O)NCC(C)(C)CO)c(N)c12. The van der Waals surface area contributed by atoms with Gasteiger partial charge in [-0.2, -0.15) is 5.10 Å². The van der Waals surface area contributed by atoms with E-state index in [-0.39, 0.29) is 17.9 Å². The maximum Gasteiger partial charge on any atom is 0.263 e. The van der Waals surface area contributed by atoms with E-state index in [1.165, 1.54) is 11.3 Å². The molecule has 4 N–H and O–H groups in total. The van der Waals surface area contributed by atoms with Gasteiger partial charge in [0.05, 0.1) is 16.8 Å². The molecule has 2 heterocycles. The molecule has 2 aromatic heterocycles. The Bertz CT molecular complexity index is 657. The van der Waals surface area contributed by atoms with Gasteiger partial charge in [0.15, 0.2) is 0 Å². The number of thiophene rings is 1. The average molecular weight is 296 g/mol. The second-order valence-electron chi connectivity index (χ2n) is 5.74. The molecule has 2 rings (SSSR count). The lowest BCUT2D eigenvalue weighted by atomic mass is 9.95. The highest BCUT2D eigenvalue weighted by Crippen LogP contribution is 2.35. The third kappa shape index (κ3) is 2.51. The molecule has 0 radical (unpaired) electrons. The molecule has 0 atom stereocenters. The summed E-state index contributed by atoms with van der Waals surface area (Å²) in [5.74, 6) is -0.204. The van der Waals surface area contributed by atoms with E-state index in [9.17, 15) is 9.90 Å². The molecule has 0 aliphatic carbocycles. The number of nitrogen functional groups attached to an aromatic ring is 1. The summed E-state index contributed by atoms with van der Waals surface area (Å²) in [6.07, 6.45) is 0. The van der Waals surface area contributed by atoms with E-state index in [1.807, 2.05) is 27.8 Å². The number of aliphatic hydroxyl groups excluding tert-OH is 1. The fraction of sp³-hybridized carbons (Fsp3) is 0.538. The number of carbonyl (C=O) groups is 1. The summed E-state index contributed by atoms with van der Waals surface area (Å²) in [5, 5.41) is 17.2. The van der Waals surface area contributed by atoms with Crippen LogP contribution < -0.4 is 11.1 Å². The molecular weight excluding hydrogens is 276 g/mol. The summed E-state index contributed by atoms with van der Waals surface area (Å²) in [6, 6.07) is 0. The third-order valence-corrected chi connectivity index (χ3v) is 4.52. The van der Waals surface area contributed by atoms with Crippen molar-refractivity contribution in [3.8, 4) is 0 Å². The number of nitrogens with zero attached hydrogens (tertiary/aromatic N) is 2. The quantitative estimate of drug-likeness (QED) is 0.792. The number of carbonyl (C=O) groups excluding carboxylic acids is 1. The van der Waals surface area contributed by atoms with Gasteiger partial charge in [-0.15, -0.1) is 11.3 Å². The second kappa shape index (κ2) is 5.06. The molecule has 0 saturated heterocycles. The molecule has 20 heavy (non-hydrogen) atoms. The summed E-state index contributed by atoms with van der Waals surface area (Å²) in [7, 11) is 1.84. The smallest absolute Gasteiger partial charge is 0.263 e. The van der Waals surface area contributed by atoms with E-state index >= 15 is 0 Å². The Labute approximate surface area is 121 Å². The summed E-state index contributed by atoms with van der Waals surface area (Å²) in [6.45, 7) is 6.05. The van der Waals surface area contributed by atoms with E-state index < -0.39 is 0 Å². The van der Waals surface area contributed by atoms with Crippen LogP contribution in [0.25, 0.3) is 10.2 Å². The van der Waals surface area contributed by atoms with Crippen LogP contribution in [0.4, 0.5) is 5.69 Å². The molecule has 6 nitrogen and oxygen atoms in total. The normalized spacial score (nSPS) is 12.1. The first-order chi connectivity index (χ1) is 9.26. The van der Waals surface area contributed by atoms with E-state index in [1.54, 1.807) is 4.68 Å². The minimum Gasteiger partial charge on any atom is -0.397 e. The number of hydrogen-bond donors (Lipinski definition) is 3. The third-order valence-electron chi connectivity index (χ3n) is 3.24. The van der Waals surface area contributed by atoms with Crippen molar-refractivity contribution in [1.29, 1.82) is 0 Å². The molecule has 0 aliphatic rings. The fourth-order valence-electron chi connectivity index (χ4n) is 1.95. The molecule has 0 fully saturated rings. The van der Waals surface area contributed by atoms with E-state index in [0.29, 0.717) is 17.1 Å². The van der Waals surface area contributed by atoms with E-state index in [4.69, 9.17) is 5.73 Å². The van der Waals surface area contributed by atoms with Crippen molar-refractivity contribution in [2.24, 2.45) is 12.5 Å². The number of nitrogens with one attached hydrogen (secondary N) is 1. The van der Waals surface area contributed by atoms with Gasteiger partial charge >= 0.3 is 0 Å². The van der Waals surface area contributed by atoms with Crippen molar-refractivity contribution in [2.45, 2.75) is 20.8 Å². The highest BCUT2D eigenvalue weighted by molar-refractivity contribution is 7.21. The number of amides is 1. The summed E-state index contributed by atoms with van der Waals surface area (Å²) < 4.78 is 1.74. The number of aryl methyl sites for hydroxylation is 2. The predicted molar refractivity (Wildman–Crippen MR) is 80.9 cm³/mol. The molecule has 0 aromatic carbocycles. The van der Waals surface area contributed by atoms with Gasteiger partial charge in [0, 0.05) is 25.6 Å². The number of aliphatic hydroxyl groups is 1. The molecule has 110 valence electrons. The molecule has 0 bridgehead atoms. The first-order valence-corrected chi connectivity index (χ1v) is 7.19. The monoisotopic (exact) mass is 296 g/mol. The number of hydrogen-bond acceptors (Lipinski definition) is 5. The maximum absolute atomic E-state index is 12.2. The minimum atomic E-state index is -0.349. The van der Waals surface area contributed by atoms with Crippen LogP contribution >= 0.6 is 11.3 Å². The van der Waals surface area contributed by atoms with E-state index in [2.05, 4.69) is 10.4 Å². The van der Waals surface area contributed by atoms with Gasteiger partial charge in [0.1, 0.15) is 9.71 Å². The van der Waals surface area contributed by atoms with Crippen LogP contribution in [0.2, 0.25) is 0 Å². The molecule has 0 aliphatic heterocycles. The Morgan fingerprint density at radius 3 is 2.75 bits per heavy atom. The van der Waals surface area contributed by atoms with Crippen molar-refractivity contribution in [1.82, 2.24) is 15.1 Å². The first-order valence-electron chi connectivity index (χ1n) is 6.37. The molecule has 1 amide bonds. The Hall–Kier alpha value is -1.60. The molecule has 0 saturated carbocycles. The largest absolute Gasteiger partial charge is 0.397 e. The van der Waals surface area contributed by atoms with Gasteiger partial charge in [-0.05, 0) is 6.92 Å². The Kier molecular flexibility index (Phi) is 3.75. The predicted octanol–water partition coefficient (Wildman–Crippen LogP) is 1.27. The van der Waals surface area contributed by atoms with Crippen LogP contribution in [0.5, 0.6) is 0 Å². The van der Waals surface area contributed by atoms with E-state index in [0.717, 1.165) is 15.9 Å². The highest BCUT2D eigenvalue weighted by atomic mass is 32.1. The van der Waals surface area contributed by atoms with Crippen LogP contribution in [0.15, 0.2) is 0 Å². The van der Waals surface area contributed by atoms with Crippen LogP contribution in [-0.4, -0.2) is 33.9 Å². The van der Waals surface area contributed by atoms with Gasteiger partial charge in [0.2, 0.25) is 0 Å². The van der Waals surface area contributed by atoms with Gasteiger partial charge < -0.3 is 16.2 Å². The van der Waals surface area contributed by atoms with Gasteiger partial charge in [-0.3, -0.25) is 9.48 Å². The maximum atomic E-state index is 12.2. The van der Waals surface area contributed by atoms with Crippen LogP contribution in [0, 0.1) is 12.3 Å². The lowest BCUT2D eigenvalue weighted by Gasteiger charge is -2.21. The topological polar surface area (TPSA) is 93.2 Å². The lowest BCUT2D eigenvalue weighted by molar-refractivity contribution is 0.0916. The Morgan fingerprint density at radius 1 is 1.55 bits per heavy atom. The summed E-state index contributed by atoms with van der Waals surface area (Å²) in [5.41, 5.74) is 7.03. The zero-order valence-electron chi connectivity index (χ0n) is 12.1. The van der Waals surface area contributed by atoms with Gasteiger partial charge in [0.25, 0.3) is 5.91 Å². The summed E-state index contributed by atoms with van der Waals surface area (Å²) >= 11 is 1.34. The average Bonchev–Trinajstić information content (AvgIpc) is 2.87. The van der Waals surface area contributed by atoms with Crippen molar-refractivity contribution in [3.63, 3.8) is 0 Å². The summed E-state index contributed by atoms with van der Waals surface area (Å²) in [4.78, 5) is 13.6. The first kappa shape index (κ1) is 14.8. The zero-order valence-corrected chi connectivity index (χ0v) is 13.0. The van der Waals surface area contributed by atoms with Crippen molar-refractivity contribution in [2.75, 3.05) is 18.9 Å². The second-order valence-corrected chi connectivity index (χ2v) is 6.74. The van der Waals surface area contributed by atoms with Crippen molar-refractivity contribution < 1.29 is 9.90 Å². The van der Waals surface area contributed by atoms with Crippen molar-refractivity contribution in [3.05, 3.63) is 10.6 Å². The highest BCUT2D eigenvalue weighted by Gasteiger charge is 2.23. The molecule has 2 aromatic rings. The number of nitrogens with two attached hydrogens (primary N) is 1. The standard InChI is InChI=1S/C13H20N4O2S/c1-7-8-9(14)10(20-12(8)17(4)16-7)11(19)15-5-13(2,3)6-18/h18H,5-6,14H2,1-4H3,(H,15,19). The van der Waals surface area contributed by atoms with Crippen LogP contribution in [0.1, 0.15) is 29.2 Å². The van der Waals surface area contributed by atoms with Gasteiger partial charge in [-0.1, -0.05) is 13.8 Å². The van der Waals surface area contributed by atoms with Gasteiger partial charge in [-0.25, -0.2) is 0 Å². The molecule has 0 spiro atoms. The molecule has 0 unspecified atom stereocenters. The number of fused-ring (bicyclic) bond motifs is 1. The number of anilines is 1. The number of aromatic nitrogens is 2. The zero-order chi connectivity index (χ0) is 15.1. The van der Waals surface area contributed by atoms with Crippen molar-refractivity contribution >= 4 is 33.1 Å². The minimum absolute atomic E-state index is 0.0121. The van der Waals surface area contributed by atoms with Crippen LogP contribution in [-0.2, 0) is 7.05 Å². The molecular formula is C13H20N4O2S. The lowest BCUT2D eigenvalue weighted by Crippen LogP contribution is -2.35. The molecule has 7 heteroatoms. The Morgan fingerprint density at radius 2 is 2.20 bits per heavy atom. The Balaban J connectivity index is 2.27.